The molecule has 2 aliphatic heterocycles. The van der Waals surface area contributed by atoms with Crippen LogP contribution < -0.4 is 10.3 Å². The maximum absolute atomic E-state index is 12.5. The van der Waals surface area contributed by atoms with E-state index in [0.29, 0.717) is 12.1 Å². The first kappa shape index (κ1) is 20.6. The van der Waals surface area contributed by atoms with E-state index >= 15 is 0 Å². The molecule has 2 heterocycles. The highest BCUT2D eigenvalue weighted by atomic mass is 16.1. The van der Waals surface area contributed by atoms with Crippen LogP contribution in [-0.4, -0.2) is 36.2 Å². The number of hydrogen-bond acceptors (Lipinski definition) is 4. The van der Waals surface area contributed by atoms with Gasteiger partial charge in [0.2, 0.25) is 0 Å². The van der Waals surface area contributed by atoms with Gasteiger partial charge in [0.15, 0.2) is 0 Å². The average Bonchev–Trinajstić information content (AvgIpc) is 3.21. The Kier molecular flexibility index (Phi) is 6.48. The van der Waals surface area contributed by atoms with E-state index in [4.69, 9.17) is 0 Å². The molecule has 0 bridgehead atoms. The maximum atomic E-state index is 12.5. The number of nitrogens with one attached hydrogen (secondary N) is 1. The SMILES string of the molecule is CC1=NN(c2ccc(C(=O)NCc3ccc(CN4CCC(C)CC4)cc3)cc2)CC1. The lowest BCUT2D eigenvalue weighted by Crippen LogP contribution is -2.32. The summed E-state index contributed by atoms with van der Waals surface area (Å²) in [5, 5.41) is 9.52. The smallest absolute Gasteiger partial charge is 0.251 e. The normalized spacial score (nSPS) is 17.8. The van der Waals surface area contributed by atoms with Crippen LogP contribution in [0.25, 0.3) is 0 Å². The number of piperidine rings is 1. The van der Waals surface area contributed by atoms with Gasteiger partial charge in [-0.1, -0.05) is 31.2 Å². The van der Waals surface area contributed by atoms with E-state index < -0.39 is 0 Å². The molecule has 30 heavy (non-hydrogen) atoms. The summed E-state index contributed by atoms with van der Waals surface area (Å²) >= 11 is 0. The molecule has 1 N–H and O–H groups in total. The van der Waals surface area contributed by atoms with E-state index in [2.05, 4.69) is 46.5 Å². The number of anilines is 1. The van der Waals surface area contributed by atoms with Gasteiger partial charge in [-0.2, -0.15) is 5.10 Å². The van der Waals surface area contributed by atoms with Gasteiger partial charge < -0.3 is 5.32 Å². The van der Waals surface area contributed by atoms with Gasteiger partial charge in [0.25, 0.3) is 5.91 Å². The van der Waals surface area contributed by atoms with Gasteiger partial charge in [0, 0.05) is 37.3 Å². The van der Waals surface area contributed by atoms with Gasteiger partial charge in [-0.15, -0.1) is 0 Å². The van der Waals surface area contributed by atoms with Crippen LogP contribution in [0.5, 0.6) is 0 Å². The highest BCUT2D eigenvalue weighted by Crippen LogP contribution is 2.20. The first-order chi connectivity index (χ1) is 14.6. The number of hydrazone groups is 1. The molecule has 1 saturated heterocycles. The molecule has 2 aromatic carbocycles. The van der Waals surface area contributed by atoms with Crippen molar-refractivity contribution in [1.82, 2.24) is 10.2 Å². The maximum Gasteiger partial charge on any atom is 0.251 e. The fourth-order valence-corrected chi connectivity index (χ4v) is 4.07. The topological polar surface area (TPSA) is 47.9 Å². The van der Waals surface area contributed by atoms with Crippen molar-refractivity contribution < 1.29 is 4.79 Å². The van der Waals surface area contributed by atoms with Gasteiger partial charge in [-0.05, 0) is 74.2 Å². The van der Waals surface area contributed by atoms with Gasteiger partial charge in [0.1, 0.15) is 0 Å². The monoisotopic (exact) mass is 404 g/mol. The number of likely N-dealkylation sites (tertiary alicyclic amines) is 1. The predicted octanol–water partition coefficient (Wildman–Crippen LogP) is 4.43. The lowest BCUT2D eigenvalue weighted by atomic mass is 9.99. The van der Waals surface area contributed by atoms with E-state index in [-0.39, 0.29) is 5.91 Å². The van der Waals surface area contributed by atoms with E-state index in [0.717, 1.165) is 42.4 Å². The number of nitrogens with zero attached hydrogens (tertiary/aromatic N) is 3. The van der Waals surface area contributed by atoms with E-state index in [1.807, 2.05) is 36.2 Å². The molecule has 2 aliphatic rings. The summed E-state index contributed by atoms with van der Waals surface area (Å²) in [6.07, 6.45) is 3.60. The molecule has 0 saturated carbocycles. The third kappa shape index (κ3) is 5.28. The minimum Gasteiger partial charge on any atom is -0.348 e. The van der Waals surface area contributed by atoms with Crippen LogP contribution in [0, 0.1) is 5.92 Å². The Morgan fingerprint density at radius 3 is 2.30 bits per heavy atom. The summed E-state index contributed by atoms with van der Waals surface area (Å²) in [5.41, 5.74) is 5.32. The van der Waals surface area contributed by atoms with E-state index in [1.165, 1.54) is 31.5 Å². The summed E-state index contributed by atoms with van der Waals surface area (Å²) in [5.74, 6) is 0.815. The number of benzene rings is 2. The number of carbonyl (C=O) groups is 1. The Balaban J connectivity index is 1.26. The van der Waals surface area contributed by atoms with Crippen LogP contribution >= 0.6 is 0 Å². The standard InChI is InChI=1S/C25H32N4O/c1-19-11-14-28(15-12-19)18-22-5-3-21(4-6-22)17-26-25(30)23-7-9-24(10-8-23)29-16-13-20(2)27-29/h3-10,19H,11-18H2,1-2H3,(H,26,30). The lowest BCUT2D eigenvalue weighted by molar-refractivity contribution is 0.0951. The molecule has 5 nitrogen and oxygen atoms in total. The van der Waals surface area contributed by atoms with E-state index in [9.17, 15) is 4.79 Å². The number of amides is 1. The molecule has 0 radical (unpaired) electrons. The molecule has 1 fully saturated rings. The number of hydrogen-bond donors (Lipinski definition) is 1. The molecule has 0 aliphatic carbocycles. The van der Waals surface area contributed by atoms with Crippen LogP contribution in [0.4, 0.5) is 5.69 Å². The van der Waals surface area contributed by atoms with Gasteiger partial charge in [-0.3, -0.25) is 14.7 Å². The highest BCUT2D eigenvalue weighted by Gasteiger charge is 2.16. The molecular weight excluding hydrogens is 372 g/mol. The summed E-state index contributed by atoms with van der Waals surface area (Å²) in [6.45, 7) is 9.25. The largest absolute Gasteiger partial charge is 0.348 e. The first-order valence-corrected chi connectivity index (χ1v) is 11.1. The van der Waals surface area contributed by atoms with Crippen LogP contribution in [-0.2, 0) is 13.1 Å². The lowest BCUT2D eigenvalue weighted by Gasteiger charge is -2.30. The second-order valence-electron chi connectivity index (χ2n) is 8.71. The molecule has 1 amide bonds. The van der Waals surface area contributed by atoms with Crippen LogP contribution in [0.2, 0.25) is 0 Å². The molecule has 0 atom stereocenters. The van der Waals surface area contributed by atoms with Crippen LogP contribution in [0.15, 0.2) is 53.6 Å². The summed E-state index contributed by atoms with van der Waals surface area (Å²) in [7, 11) is 0. The molecule has 0 aromatic heterocycles. The zero-order chi connectivity index (χ0) is 20.9. The molecule has 5 heteroatoms. The molecule has 0 spiro atoms. The van der Waals surface area contributed by atoms with Crippen LogP contribution in [0.3, 0.4) is 0 Å². The fourth-order valence-electron chi connectivity index (χ4n) is 4.07. The van der Waals surface area contributed by atoms with Crippen molar-refractivity contribution in [3.63, 3.8) is 0 Å². The van der Waals surface area contributed by atoms with Crippen molar-refractivity contribution in [3.05, 3.63) is 65.2 Å². The Labute approximate surface area is 179 Å². The Morgan fingerprint density at radius 2 is 1.67 bits per heavy atom. The van der Waals surface area contributed by atoms with Crippen molar-refractivity contribution >= 4 is 17.3 Å². The Hall–Kier alpha value is -2.66. The minimum atomic E-state index is -0.0471. The van der Waals surface area contributed by atoms with E-state index in [1.54, 1.807) is 0 Å². The van der Waals surface area contributed by atoms with Gasteiger partial charge in [0.05, 0.1) is 5.69 Å². The highest BCUT2D eigenvalue weighted by molar-refractivity contribution is 5.94. The third-order valence-electron chi connectivity index (χ3n) is 6.16. The quantitative estimate of drug-likeness (QED) is 0.775. The average molecular weight is 405 g/mol. The number of rotatable bonds is 6. The van der Waals surface area contributed by atoms with Crippen molar-refractivity contribution in [2.45, 2.75) is 46.2 Å². The fraction of sp³-hybridized carbons (Fsp3) is 0.440. The zero-order valence-corrected chi connectivity index (χ0v) is 18.1. The van der Waals surface area contributed by atoms with Crippen molar-refractivity contribution in [2.24, 2.45) is 11.0 Å². The van der Waals surface area contributed by atoms with Gasteiger partial charge >= 0.3 is 0 Å². The Morgan fingerprint density at radius 1 is 1.00 bits per heavy atom. The first-order valence-electron chi connectivity index (χ1n) is 11.1. The Bertz CT molecular complexity index is 880. The zero-order valence-electron chi connectivity index (χ0n) is 18.1. The molecule has 4 rings (SSSR count). The third-order valence-corrected chi connectivity index (χ3v) is 6.16. The molecule has 0 unspecified atom stereocenters. The summed E-state index contributed by atoms with van der Waals surface area (Å²) < 4.78 is 0. The second-order valence-corrected chi connectivity index (χ2v) is 8.71. The molecule has 158 valence electrons. The van der Waals surface area contributed by atoms with Crippen LogP contribution in [0.1, 0.15) is 54.6 Å². The van der Waals surface area contributed by atoms with Gasteiger partial charge in [-0.25, -0.2) is 0 Å². The minimum absolute atomic E-state index is 0.0471. The predicted molar refractivity (Wildman–Crippen MR) is 123 cm³/mol. The van der Waals surface area contributed by atoms with Crippen molar-refractivity contribution in [2.75, 3.05) is 24.6 Å². The molecule has 2 aromatic rings. The molecular formula is C25H32N4O. The number of carbonyl (C=O) groups excluding carboxylic acids is 1. The summed E-state index contributed by atoms with van der Waals surface area (Å²) in [6, 6.07) is 16.3. The second kappa shape index (κ2) is 9.43. The summed E-state index contributed by atoms with van der Waals surface area (Å²) in [4.78, 5) is 15.0. The van der Waals surface area contributed by atoms with Crippen molar-refractivity contribution in [3.8, 4) is 0 Å². The van der Waals surface area contributed by atoms with Crippen molar-refractivity contribution in [1.29, 1.82) is 0 Å².